The largest absolute Gasteiger partial charge is 0.507 e. The maximum atomic E-state index is 12.9. The fraction of sp³-hybridized carbons (Fsp3) is 0.0714. The van der Waals surface area contributed by atoms with E-state index in [1.807, 2.05) is 0 Å². The van der Waals surface area contributed by atoms with Crippen LogP contribution in [0.3, 0.4) is 0 Å². The highest BCUT2D eigenvalue weighted by Gasteiger charge is 2.33. The van der Waals surface area contributed by atoms with E-state index in [4.69, 9.17) is 0 Å². The van der Waals surface area contributed by atoms with Gasteiger partial charge in [0.25, 0.3) is 0 Å². The molecular weight excluding hydrogens is 257 g/mol. The van der Waals surface area contributed by atoms with Gasteiger partial charge in [-0.25, -0.2) is 0 Å². The van der Waals surface area contributed by atoms with Crippen LogP contribution >= 0.6 is 0 Å². The first-order chi connectivity index (χ1) is 8.95. The molecule has 2 aromatic rings. The fourth-order valence-corrected chi connectivity index (χ4v) is 1.88. The average Bonchev–Trinajstić information content (AvgIpc) is 2.37. The Balaban J connectivity index is 2.73. The van der Waals surface area contributed by atoms with E-state index in [0.717, 1.165) is 6.07 Å². The Hall–Kier alpha value is -2.30. The zero-order chi connectivity index (χ0) is 14.0. The number of alkyl halides is 3. The van der Waals surface area contributed by atoms with Crippen molar-refractivity contribution in [3.8, 4) is 16.9 Å². The first kappa shape index (κ1) is 13.1. The Bertz CT molecular complexity index is 618. The van der Waals surface area contributed by atoms with E-state index in [-0.39, 0.29) is 22.4 Å². The first-order valence-corrected chi connectivity index (χ1v) is 5.39. The predicted molar refractivity (Wildman–Crippen MR) is 63.9 cm³/mol. The molecule has 0 radical (unpaired) electrons. The lowest BCUT2D eigenvalue weighted by Crippen LogP contribution is -2.07. The van der Waals surface area contributed by atoms with Gasteiger partial charge in [0, 0.05) is 0 Å². The molecule has 19 heavy (non-hydrogen) atoms. The molecule has 5 heteroatoms. The Morgan fingerprint density at radius 2 is 1.58 bits per heavy atom. The van der Waals surface area contributed by atoms with Crippen molar-refractivity contribution < 1.29 is 23.1 Å². The summed E-state index contributed by atoms with van der Waals surface area (Å²) in [5.41, 5.74) is -1.07. The highest BCUT2D eigenvalue weighted by Crippen LogP contribution is 2.39. The van der Waals surface area contributed by atoms with Crippen LogP contribution in [-0.4, -0.2) is 11.4 Å². The van der Waals surface area contributed by atoms with Gasteiger partial charge in [0.1, 0.15) is 5.75 Å². The topological polar surface area (TPSA) is 37.3 Å². The molecule has 0 aliphatic rings. The Labute approximate surface area is 107 Å². The predicted octanol–water partition coefficient (Wildman–Crippen LogP) is 3.89. The second kappa shape index (κ2) is 4.76. The van der Waals surface area contributed by atoms with E-state index in [0.29, 0.717) is 6.29 Å². The number of benzene rings is 2. The number of hydrogen-bond donors (Lipinski definition) is 1. The molecule has 1 N–H and O–H groups in total. The van der Waals surface area contributed by atoms with Crippen molar-refractivity contribution in [2.24, 2.45) is 0 Å². The molecule has 2 aromatic carbocycles. The molecule has 0 spiro atoms. The second-order valence-electron chi connectivity index (χ2n) is 3.90. The van der Waals surface area contributed by atoms with E-state index < -0.39 is 11.7 Å². The minimum Gasteiger partial charge on any atom is -0.507 e. The van der Waals surface area contributed by atoms with Gasteiger partial charge in [0.2, 0.25) is 0 Å². The standard InChI is InChI=1S/C14H9F3O2/c15-14(16,17)12-6-2-1-4-10(12)9-5-3-7-13(19)11(9)8-18/h1-8,19H. The van der Waals surface area contributed by atoms with Gasteiger partial charge in [-0.3, -0.25) is 4.79 Å². The molecule has 0 aliphatic carbocycles. The lowest BCUT2D eigenvalue weighted by molar-refractivity contribution is -0.137. The normalized spacial score (nSPS) is 11.3. The summed E-state index contributed by atoms with van der Waals surface area (Å²) in [5, 5.41) is 9.53. The van der Waals surface area contributed by atoms with Gasteiger partial charge in [0.15, 0.2) is 6.29 Å². The number of hydrogen-bond acceptors (Lipinski definition) is 2. The summed E-state index contributed by atoms with van der Waals surface area (Å²) in [6.07, 6.45) is -4.18. The van der Waals surface area contributed by atoms with Crippen LogP contribution in [0.15, 0.2) is 42.5 Å². The zero-order valence-corrected chi connectivity index (χ0v) is 9.61. The van der Waals surface area contributed by atoms with Gasteiger partial charge in [-0.05, 0) is 23.3 Å². The van der Waals surface area contributed by atoms with Crippen LogP contribution in [0, 0.1) is 0 Å². The van der Waals surface area contributed by atoms with Gasteiger partial charge in [-0.2, -0.15) is 13.2 Å². The molecule has 0 fully saturated rings. The molecule has 2 rings (SSSR count). The first-order valence-electron chi connectivity index (χ1n) is 5.39. The molecule has 2 nitrogen and oxygen atoms in total. The summed E-state index contributed by atoms with van der Waals surface area (Å²) in [6, 6.07) is 8.94. The summed E-state index contributed by atoms with van der Waals surface area (Å²) in [6.45, 7) is 0. The molecule has 0 unspecified atom stereocenters. The maximum Gasteiger partial charge on any atom is 0.417 e. The van der Waals surface area contributed by atoms with Gasteiger partial charge in [-0.1, -0.05) is 30.3 Å². The Morgan fingerprint density at radius 1 is 0.947 bits per heavy atom. The molecule has 0 saturated carbocycles. The number of phenolic OH excluding ortho intramolecular Hbond substituents is 1. The van der Waals surface area contributed by atoms with Crippen molar-refractivity contribution in [3.63, 3.8) is 0 Å². The van der Waals surface area contributed by atoms with Crippen molar-refractivity contribution in [3.05, 3.63) is 53.6 Å². The van der Waals surface area contributed by atoms with E-state index in [9.17, 15) is 23.1 Å². The summed E-state index contributed by atoms with van der Waals surface area (Å²) >= 11 is 0. The summed E-state index contributed by atoms with van der Waals surface area (Å²) in [7, 11) is 0. The number of phenols is 1. The lowest BCUT2D eigenvalue weighted by atomic mass is 9.95. The summed E-state index contributed by atoms with van der Waals surface area (Å²) < 4.78 is 38.8. The van der Waals surface area contributed by atoms with Crippen molar-refractivity contribution in [2.45, 2.75) is 6.18 Å². The van der Waals surface area contributed by atoms with Crippen LogP contribution in [0.4, 0.5) is 13.2 Å². The third kappa shape index (κ3) is 2.45. The van der Waals surface area contributed by atoms with Crippen molar-refractivity contribution >= 4 is 6.29 Å². The quantitative estimate of drug-likeness (QED) is 0.837. The van der Waals surface area contributed by atoms with Crippen molar-refractivity contribution in [1.82, 2.24) is 0 Å². The van der Waals surface area contributed by atoms with Gasteiger partial charge >= 0.3 is 6.18 Å². The number of aldehydes is 1. The molecule has 0 aromatic heterocycles. The van der Waals surface area contributed by atoms with E-state index in [1.165, 1.54) is 36.4 Å². The average molecular weight is 266 g/mol. The molecule has 0 saturated heterocycles. The smallest absolute Gasteiger partial charge is 0.417 e. The van der Waals surface area contributed by atoms with Crippen LogP contribution in [0.2, 0.25) is 0 Å². The maximum absolute atomic E-state index is 12.9. The Kier molecular flexibility index (Phi) is 3.29. The van der Waals surface area contributed by atoms with Crippen LogP contribution in [0.25, 0.3) is 11.1 Å². The molecule has 98 valence electrons. The van der Waals surface area contributed by atoms with E-state index in [1.54, 1.807) is 0 Å². The van der Waals surface area contributed by atoms with Gasteiger partial charge in [0.05, 0.1) is 11.1 Å². The minimum atomic E-state index is -4.53. The molecule has 0 heterocycles. The molecule has 0 bridgehead atoms. The lowest BCUT2D eigenvalue weighted by Gasteiger charge is -2.14. The SMILES string of the molecule is O=Cc1c(O)cccc1-c1ccccc1C(F)(F)F. The van der Waals surface area contributed by atoms with Crippen molar-refractivity contribution in [2.75, 3.05) is 0 Å². The van der Waals surface area contributed by atoms with Crippen LogP contribution < -0.4 is 0 Å². The molecule has 0 amide bonds. The van der Waals surface area contributed by atoms with E-state index in [2.05, 4.69) is 0 Å². The van der Waals surface area contributed by atoms with E-state index >= 15 is 0 Å². The molecular formula is C14H9F3O2. The highest BCUT2D eigenvalue weighted by atomic mass is 19.4. The third-order valence-corrected chi connectivity index (χ3v) is 2.72. The number of aromatic hydroxyl groups is 1. The number of carbonyl (C=O) groups excluding carboxylic acids is 1. The number of halogens is 3. The summed E-state index contributed by atoms with van der Waals surface area (Å²) in [4.78, 5) is 10.9. The van der Waals surface area contributed by atoms with Crippen LogP contribution in [0.5, 0.6) is 5.75 Å². The zero-order valence-electron chi connectivity index (χ0n) is 9.61. The van der Waals surface area contributed by atoms with Crippen molar-refractivity contribution in [1.29, 1.82) is 0 Å². The fourth-order valence-electron chi connectivity index (χ4n) is 1.88. The highest BCUT2D eigenvalue weighted by molar-refractivity contribution is 5.91. The summed E-state index contributed by atoms with van der Waals surface area (Å²) in [5.74, 6) is -0.343. The molecule has 0 aliphatic heterocycles. The van der Waals surface area contributed by atoms with Crippen LogP contribution in [-0.2, 0) is 6.18 Å². The Morgan fingerprint density at radius 3 is 2.21 bits per heavy atom. The number of carbonyl (C=O) groups is 1. The van der Waals surface area contributed by atoms with Gasteiger partial charge in [-0.15, -0.1) is 0 Å². The monoisotopic (exact) mass is 266 g/mol. The van der Waals surface area contributed by atoms with Crippen LogP contribution in [0.1, 0.15) is 15.9 Å². The number of rotatable bonds is 2. The third-order valence-electron chi connectivity index (χ3n) is 2.72. The van der Waals surface area contributed by atoms with Gasteiger partial charge < -0.3 is 5.11 Å². The minimum absolute atomic E-state index is 0.0583. The second-order valence-corrected chi connectivity index (χ2v) is 3.90. The molecule has 0 atom stereocenters.